The van der Waals surface area contributed by atoms with Crippen molar-refractivity contribution in [2.75, 3.05) is 17.7 Å². The minimum atomic E-state index is -5.09. The van der Waals surface area contributed by atoms with E-state index in [1.54, 1.807) is 44.2 Å². The number of alkyl carbamates (subject to hydrolysis) is 1. The van der Waals surface area contributed by atoms with E-state index in [9.17, 15) is 50.5 Å². The van der Waals surface area contributed by atoms with Gasteiger partial charge in [0.25, 0.3) is 20.2 Å². The maximum Gasteiger partial charge on any atom is 0.407 e. The number of carboxylic acid groups (broad SMARTS) is 1. The van der Waals surface area contributed by atoms with Crippen LogP contribution in [-0.4, -0.2) is 66.8 Å². The number of aryl methyl sites for hydroxylation is 2. The van der Waals surface area contributed by atoms with Crippen LogP contribution in [0.2, 0.25) is 0 Å². The number of phenolic OH excluding ortho intramolecular Hbond substituents is 1. The van der Waals surface area contributed by atoms with Gasteiger partial charge in [-0.15, -0.1) is 5.11 Å². The largest absolute Gasteiger partial charge is 0.505 e. The smallest absolute Gasteiger partial charge is 0.407 e. The highest BCUT2D eigenvalue weighted by Crippen LogP contribution is 2.45. The molecule has 0 aromatic heterocycles. The highest BCUT2D eigenvalue weighted by molar-refractivity contribution is 7.87. The van der Waals surface area contributed by atoms with Crippen LogP contribution in [-0.2, 0) is 34.6 Å². The molecule has 0 heterocycles. The lowest BCUT2D eigenvalue weighted by Gasteiger charge is -2.20. The monoisotopic (exact) mass is 893 g/mol. The molecule has 2 amide bonds. The van der Waals surface area contributed by atoms with Crippen LogP contribution < -0.4 is 16.4 Å². The summed E-state index contributed by atoms with van der Waals surface area (Å²) in [7, 11) is -10.1. The van der Waals surface area contributed by atoms with Gasteiger partial charge in [0.05, 0.1) is 16.8 Å². The summed E-state index contributed by atoms with van der Waals surface area (Å²) in [6.45, 7) is 3.52. The van der Waals surface area contributed by atoms with Crippen molar-refractivity contribution in [1.82, 2.24) is 5.32 Å². The fraction of sp³-hybridized carbons (Fsp3) is 0.159. The van der Waals surface area contributed by atoms with Crippen LogP contribution in [0.4, 0.5) is 27.5 Å². The lowest BCUT2D eigenvalue weighted by atomic mass is 9.98. The van der Waals surface area contributed by atoms with Crippen LogP contribution in [0.3, 0.4) is 0 Å². The van der Waals surface area contributed by atoms with Gasteiger partial charge in [0.1, 0.15) is 28.1 Å². The Balaban J connectivity index is 1.05. The van der Waals surface area contributed by atoms with Crippen molar-refractivity contribution in [1.29, 1.82) is 0 Å². The first-order valence-corrected chi connectivity index (χ1v) is 22.0. The second kappa shape index (κ2) is 17.3. The molecule has 6 aromatic rings. The van der Waals surface area contributed by atoms with Gasteiger partial charge in [-0.3, -0.25) is 18.7 Å². The van der Waals surface area contributed by atoms with E-state index in [2.05, 4.69) is 20.9 Å². The molecule has 19 heteroatoms. The topological polar surface area (TPSA) is 284 Å². The number of carboxylic acids is 1. The van der Waals surface area contributed by atoms with Gasteiger partial charge in [-0.1, -0.05) is 66.7 Å². The first-order chi connectivity index (χ1) is 29.8. The minimum absolute atomic E-state index is 0.00593. The predicted octanol–water partition coefficient (Wildman–Crippen LogP) is 8.03. The Morgan fingerprint density at radius 1 is 0.762 bits per heavy atom. The second-order valence-electron chi connectivity index (χ2n) is 14.8. The van der Waals surface area contributed by atoms with E-state index in [-0.39, 0.29) is 36.4 Å². The number of fused-ring (bicyclic) bond motifs is 4. The van der Waals surface area contributed by atoms with Crippen molar-refractivity contribution in [2.24, 2.45) is 10.2 Å². The number of nitrogens with zero attached hydrogens (tertiary/aromatic N) is 2. The number of rotatable bonds is 13. The third kappa shape index (κ3) is 9.21. The van der Waals surface area contributed by atoms with E-state index >= 15 is 0 Å². The second-order valence-corrected chi connectivity index (χ2v) is 17.5. The minimum Gasteiger partial charge on any atom is -0.505 e. The summed E-state index contributed by atoms with van der Waals surface area (Å²) in [5.41, 5.74) is 12.7. The molecule has 1 aliphatic carbocycles. The number of carbonyl (C=O) groups is 3. The molecule has 7 rings (SSSR count). The van der Waals surface area contributed by atoms with E-state index in [1.807, 2.05) is 54.6 Å². The highest BCUT2D eigenvalue weighted by Gasteiger charge is 2.31. The Morgan fingerprint density at radius 2 is 1.33 bits per heavy atom. The van der Waals surface area contributed by atoms with Crippen molar-refractivity contribution in [3.63, 3.8) is 0 Å². The number of hydrogen-bond acceptors (Lipinski definition) is 12. The summed E-state index contributed by atoms with van der Waals surface area (Å²) in [5, 5.41) is 33.2. The Hall–Kier alpha value is -7.19. The van der Waals surface area contributed by atoms with Crippen LogP contribution in [0.25, 0.3) is 33.0 Å². The lowest BCUT2D eigenvalue weighted by molar-refractivity contribution is -0.137. The van der Waals surface area contributed by atoms with Gasteiger partial charge in [0.2, 0.25) is 5.91 Å². The number of anilines is 2. The fourth-order valence-electron chi connectivity index (χ4n) is 7.54. The number of phenols is 1. The molecular weight excluding hydrogens is 855 g/mol. The molecule has 1 unspecified atom stereocenters. The van der Waals surface area contributed by atoms with Gasteiger partial charge < -0.3 is 31.3 Å². The normalized spacial score (nSPS) is 13.1. The zero-order chi connectivity index (χ0) is 45.4. The summed E-state index contributed by atoms with van der Waals surface area (Å²) >= 11 is 0. The maximum atomic E-state index is 13.5. The molecule has 8 N–H and O–H groups in total. The van der Waals surface area contributed by atoms with Crippen molar-refractivity contribution >= 4 is 71.7 Å². The maximum absolute atomic E-state index is 13.5. The van der Waals surface area contributed by atoms with Gasteiger partial charge in [0.15, 0.2) is 5.75 Å². The first kappa shape index (κ1) is 43.9. The van der Waals surface area contributed by atoms with Gasteiger partial charge >= 0.3 is 12.1 Å². The summed E-state index contributed by atoms with van der Waals surface area (Å²) < 4.78 is 73.0. The zero-order valence-electron chi connectivity index (χ0n) is 33.4. The first-order valence-electron chi connectivity index (χ1n) is 19.1. The molecule has 17 nitrogen and oxygen atoms in total. The van der Waals surface area contributed by atoms with E-state index in [0.29, 0.717) is 28.6 Å². The molecule has 0 aliphatic heterocycles. The van der Waals surface area contributed by atoms with Crippen molar-refractivity contribution in [2.45, 2.75) is 48.4 Å². The molecule has 63 heavy (non-hydrogen) atoms. The highest BCUT2D eigenvalue weighted by atomic mass is 32.2. The Bertz CT molecular complexity index is 3070. The van der Waals surface area contributed by atoms with Gasteiger partial charge in [-0.05, 0) is 101 Å². The fourth-order valence-corrected chi connectivity index (χ4v) is 8.98. The summed E-state index contributed by atoms with van der Waals surface area (Å²) in [6, 6.07) is 27.7. The third-order valence-corrected chi connectivity index (χ3v) is 12.4. The number of nitrogen functional groups attached to an aromatic ring is 1. The predicted molar refractivity (Wildman–Crippen MR) is 233 cm³/mol. The molecule has 1 atom stereocenters. The quantitative estimate of drug-likeness (QED) is 0.0329. The molecule has 6 aromatic carbocycles. The van der Waals surface area contributed by atoms with Gasteiger partial charge in [-0.2, -0.15) is 21.9 Å². The summed E-state index contributed by atoms with van der Waals surface area (Å²) in [4.78, 5) is 36.1. The molecular formula is C44H39N5O12S2. The third-order valence-electron chi connectivity index (χ3n) is 10.7. The van der Waals surface area contributed by atoms with Gasteiger partial charge in [-0.25, -0.2) is 4.79 Å². The summed E-state index contributed by atoms with van der Waals surface area (Å²) in [5.74, 6) is -2.75. The molecule has 0 radical (unpaired) electrons. The van der Waals surface area contributed by atoms with E-state index in [0.717, 1.165) is 39.4 Å². The SMILES string of the molecule is Cc1cc(-c2ccc(NC(=O)C(CCC(=O)O)NC(=O)OCC3c4ccccc4-c4ccccc43)c(C)c2)ccc1N=Nc1ccc2c(S(=O)(=O)O)cc(S(=O)(=O)O)c(N)c2c1O. The average molecular weight is 894 g/mol. The number of nitrogens with two attached hydrogens (primary N) is 1. The number of ether oxygens (including phenoxy) is 1. The molecule has 0 saturated heterocycles. The van der Waals surface area contributed by atoms with Crippen LogP contribution in [0, 0.1) is 13.8 Å². The van der Waals surface area contributed by atoms with E-state index in [1.165, 1.54) is 6.07 Å². The molecule has 0 bridgehead atoms. The van der Waals surface area contributed by atoms with Crippen LogP contribution >= 0.6 is 0 Å². The van der Waals surface area contributed by atoms with E-state index in [4.69, 9.17) is 10.5 Å². The Kier molecular flexibility index (Phi) is 12.0. The average Bonchev–Trinajstić information content (AvgIpc) is 3.54. The Labute approximate surface area is 360 Å². The number of carbonyl (C=O) groups excluding carboxylic acids is 2. The van der Waals surface area contributed by atoms with Crippen LogP contribution in [0.15, 0.2) is 123 Å². The number of aromatic hydroxyl groups is 1. The zero-order valence-corrected chi connectivity index (χ0v) is 35.1. The number of amides is 2. The number of azo groups is 1. The molecule has 1 aliphatic rings. The van der Waals surface area contributed by atoms with Crippen molar-refractivity contribution in [3.05, 3.63) is 125 Å². The lowest BCUT2D eigenvalue weighted by Crippen LogP contribution is -2.44. The number of hydrogen-bond donors (Lipinski definition) is 7. The van der Waals surface area contributed by atoms with Crippen LogP contribution in [0.5, 0.6) is 5.75 Å². The standard InChI is InChI=1S/C44H39N5O12S2/c1-23-19-25(26-12-15-34(24(2)20-26)48-49-35-16-13-31-37(62(55,56)57)21-38(63(58,59)60)41(45)40(31)42(35)52)11-14-33(23)46-43(53)36(17-18-39(50)51)47-44(54)61-22-32-29-9-5-3-7-27(29)28-8-4-6-10-30(28)32/h3-16,19-21,32,36,52H,17-18,22,45H2,1-2H3,(H,46,53)(H,47,54)(H,50,51)(H,55,56,57)(H,58,59,60). The number of benzene rings is 6. The van der Waals surface area contributed by atoms with Crippen LogP contribution in [0.1, 0.15) is 41.0 Å². The number of nitrogens with one attached hydrogen (secondary N) is 2. The summed E-state index contributed by atoms with van der Waals surface area (Å²) in [6.07, 6.45) is -1.44. The van der Waals surface area contributed by atoms with E-state index < -0.39 is 70.9 Å². The van der Waals surface area contributed by atoms with Crippen molar-refractivity contribution < 1.29 is 55.3 Å². The molecule has 0 spiro atoms. The molecule has 0 fully saturated rings. The van der Waals surface area contributed by atoms with Gasteiger partial charge in [0, 0.05) is 23.4 Å². The molecule has 0 saturated carbocycles. The van der Waals surface area contributed by atoms with Crippen molar-refractivity contribution in [3.8, 4) is 28.0 Å². The molecule has 324 valence electrons. The Morgan fingerprint density at radius 3 is 1.92 bits per heavy atom. The number of aliphatic carboxylic acids is 1.